The molecule has 0 N–H and O–H groups in total. The van der Waals surface area contributed by atoms with Crippen LogP contribution in [-0.2, 0) is 4.79 Å². The van der Waals surface area contributed by atoms with Crippen LogP contribution in [0.15, 0.2) is 42.7 Å². The minimum atomic E-state index is -1.11. The Morgan fingerprint density at radius 2 is 1.91 bits per heavy atom. The molecule has 0 saturated carbocycles. The number of halogens is 4. The number of hydrogen-bond donors (Lipinski definition) is 0. The average molecular weight is 625 g/mol. The number of carbonyl (C=O) groups excluding carboxylic acids is 1. The van der Waals surface area contributed by atoms with Gasteiger partial charge in [-0.25, -0.2) is 13.2 Å². The van der Waals surface area contributed by atoms with Crippen LogP contribution >= 0.6 is 11.3 Å². The Hall–Kier alpha value is -4.28. The van der Waals surface area contributed by atoms with Crippen molar-refractivity contribution in [1.82, 2.24) is 19.8 Å². The number of amides is 1. The molecule has 0 aliphatic carbocycles. The van der Waals surface area contributed by atoms with E-state index in [1.807, 2.05) is 13.1 Å². The van der Waals surface area contributed by atoms with E-state index < -0.39 is 34.5 Å². The van der Waals surface area contributed by atoms with Crippen molar-refractivity contribution in [1.29, 1.82) is 5.26 Å². The molecule has 2 atom stereocenters. The number of hydrogen-bond acceptors (Lipinski definition) is 8. The summed E-state index contributed by atoms with van der Waals surface area (Å²) in [5, 5.41) is 8.85. The molecule has 4 heterocycles. The van der Waals surface area contributed by atoms with Gasteiger partial charge < -0.3 is 19.4 Å². The van der Waals surface area contributed by atoms with Crippen LogP contribution in [0.5, 0.6) is 6.01 Å². The van der Waals surface area contributed by atoms with Gasteiger partial charge in [-0.2, -0.15) is 19.6 Å². The Morgan fingerprint density at radius 3 is 2.64 bits per heavy atom. The number of piperazine rings is 1. The van der Waals surface area contributed by atoms with E-state index in [2.05, 4.69) is 21.4 Å². The molecule has 4 aromatic rings. The summed E-state index contributed by atoms with van der Waals surface area (Å²) in [5.41, 5.74) is 0.372. The highest BCUT2D eigenvalue weighted by atomic mass is 32.1. The predicted octanol–water partition coefficient (Wildman–Crippen LogP) is 5.82. The van der Waals surface area contributed by atoms with Crippen molar-refractivity contribution < 1.29 is 27.1 Å². The lowest BCUT2D eigenvalue weighted by Crippen LogP contribution is -2.55. The molecule has 2 aromatic carbocycles. The summed E-state index contributed by atoms with van der Waals surface area (Å²) in [7, 11) is 2.00. The number of nitrogens with zero attached hydrogens (tertiary/aromatic N) is 6. The highest BCUT2D eigenvalue weighted by Gasteiger charge is 2.34. The maximum Gasteiger partial charge on any atom is 0.319 e. The second kappa shape index (κ2) is 12.0. The molecule has 0 spiro atoms. The fraction of sp³-hybridized carbons (Fsp3) is 0.355. The summed E-state index contributed by atoms with van der Waals surface area (Å²) in [5.74, 6) is -3.36. The fourth-order valence-corrected chi connectivity index (χ4v) is 6.96. The van der Waals surface area contributed by atoms with Crippen LogP contribution in [0.2, 0.25) is 0 Å². The fourth-order valence-electron chi connectivity index (χ4n) is 6.02. The van der Waals surface area contributed by atoms with Gasteiger partial charge in [0.25, 0.3) is 5.91 Å². The Kier molecular flexibility index (Phi) is 8.13. The second-order valence-electron chi connectivity index (χ2n) is 11.0. The summed E-state index contributed by atoms with van der Waals surface area (Å²) in [6.45, 7) is 4.74. The van der Waals surface area contributed by atoms with Gasteiger partial charge in [0.15, 0.2) is 17.5 Å². The molecule has 228 valence electrons. The van der Waals surface area contributed by atoms with Gasteiger partial charge in [0.1, 0.15) is 17.9 Å². The van der Waals surface area contributed by atoms with Crippen molar-refractivity contribution in [3.05, 3.63) is 59.5 Å². The first kappa shape index (κ1) is 29.8. The van der Waals surface area contributed by atoms with E-state index >= 15 is 4.39 Å². The van der Waals surface area contributed by atoms with Gasteiger partial charge in [0.05, 0.1) is 18.5 Å². The van der Waals surface area contributed by atoms with Gasteiger partial charge in [-0.15, -0.1) is 11.3 Å². The van der Waals surface area contributed by atoms with Crippen molar-refractivity contribution in [3.8, 4) is 23.2 Å². The normalized spacial score (nSPS) is 19.1. The minimum absolute atomic E-state index is 0.0516. The first-order chi connectivity index (χ1) is 21.2. The van der Waals surface area contributed by atoms with Crippen molar-refractivity contribution >= 4 is 44.1 Å². The van der Waals surface area contributed by atoms with E-state index in [-0.39, 0.29) is 65.9 Å². The van der Waals surface area contributed by atoms with Crippen LogP contribution in [0, 0.1) is 28.1 Å². The molecular weight excluding hydrogens is 596 g/mol. The van der Waals surface area contributed by atoms with Crippen LogP contribution in [0.25, 0.3) is 32.1 Å². The van der Waals surface area contributed by atoms with Crippen LogP contribution in [0.1, 0.15) is 19.3 Å². The molecule has 44 heavy (non-hydrogen) atoms. The smallest absolute Gasteiger partial charge is 0.319 e. The zero-order valence-corrected chi connectivity index (χ0v) is 24.6. The third-order valence-corrected chi connectivity index (χ3v) is 9.35. The number of rotatable bonds is 7. The van der Waals surface area contributed by atoms with Crippen LogP contribution in [0.3, 0.4) is 0 Å². The lowest BCUT2D eigenvalue weighted by Gasteiger charge is -2.41. The number of fused-ring (bicyclic) bond motifs is 2. The molecule has 2 saturated heterocycles. The molecular formula is C31H28F4N6O2S. The summed E-state index contributed by atoms with van der Waals surface area (Å²) >= 11 is 0.605. The molecule has 8 nitrogen and oxygen atoms in total. The standard InChI is InChI=1S/C31H28F4N6O2S/c1-17(32)30(42)41-14-13-40(15-18(41)10-11-36)29-23-9-8-20(21-6-3-7-22-25(34)28(35)44-27(21)22)24(33)26(23)37-31(38-29)43-16-19-5-4-12-39(19)2/h3,6-9,18-19H,1,4-5,10,12-16H2,2H3/t18-,19-/m0/s1. The van der Waals surface area contributed by atoms with E-state index in [0.29, 0.717) is 28.1 Å². The summed E-state index contributed by atoms with van der Waals surface area (Å²) in [6.07, 6.45) is 1.89. The van der Waals surface area contributed by atoms with Gasteiger partial charge >= 0.3 is 6.01 Å². The largest absolute Gasteiger partial charge is 0.462 e. The van der Waals surface area contributed by atoms with E-state index in [9.17, 15) is 23.2 Å². The number of carbonyl (C=O) groups is 1. The number of anilines is 1. The average Bonchev–Trinajstić information content (AvgIpc) is 3.56. The monoisotopic (exact) mass is 624 g/mol. The molecule has 0 radical (unpaired) electrons. The van der Waals surface area contributed by atoms with Gasteiger partial charge in [-0.1, -0.05) is 30.8 Å². The SMILES string of the molecule is C=C(F)C(=O)N1CCN(c2nc(OC[C@@H]3CCCN3C)nc3c(F)c(-c4cccc5c(F)c(F)sc45)ccc23)C[C@@H]1CC#N. The predicted molar refractivity (Wildman–Crippen MR) is 160 cm³/mol. The Labute approximate surface area is 254 Å². The molecule has 2 aromatic heterocycles. The maximum absolute atomic E-state index is 16.5. The number of thiophene rings is 1. The van der Waals surface area contributed by atoms with Gasteiger partial charge in [0, 0.05) is 52.3 Å². The first-order valence-electron chi connectivity index (χ1n) is 14.1. The van der Waals surface area contributed by atoms with Crippen molar-refractivity contribution in [3.63, 3.8) is 0 Å². The van der Waals surface area contributed by atoms with Crippen molar-refractivity contribution in [2.75, 3.05) is 44.7 Å². The Bertz CT molecular complexity index is 1820. The summed E-state index contributed by atoms with van der Waals surface area (Å²) < 4.78 is 65.1. The third kappa shape index (κ3) is 5.33. The van der Waals surface area contributed by atoms with Gasteiger partial charge in [0.2, 0.25) is 5.13 Å². The van der Waals surface area contributed by atoms with Crippen LogP contribution in [-0.4, -0.2) is 77.6 Å². The lowest BCUT2D eigenvalue weighted by atomic mass is 10.0. The lowest BCUT2D eigenvalue weighted by molar-refractivity contribution is -0.131. The number of benzene rings is 2. The number of ether oxygens (including phenoxy) is 1. The van der Waals surface area contributed by atoms with Crippen LogP contribution in [0.4, 0.5) is 23.4 Å². The van der Waals surface area contributed by atoms with Crippen LogP contribution < -0.4 is 9.64 Å². The zero-order valence-electron chi connectivity index (χ0n) is 23.8. The molecule has 13 heteroatoms. The van der Waals surface area contributed by atoms with E-state index in [1.54, 1.807) is 17.0 Å². The number of likely N-dealkylation sites (N-methyl/N-ethyl adjacent to an activating group) is 1. The highest BCUT2D eigenvalue weighted by molar-refractivity contribution is 7.18. The second-order valence-corrected chi connectivity index (χ2v) is 11.9. The molecule has 2 fully saturated rings. The van der Waals surface area contributed by atoms with Crippen molar-refractivity contribution in [2.45, 2.75) is 31.3 Å². The molecule has 2 aliphatic heterocycles. The minimum Gasteiger partial charge on any atom is -0.462 e. The highest BCUT2D eigenvalue weighted by Crippen LogP contribution is 2.40. The number of nitriles is 1. The zero-order chi connectivity index (χ0) is 31.1. The third-order valence-electron chi connectivity index (χ3n) is 8.35. The maximum atomic E-state index is 16.5. The molecule has 0 bridgehead atoms. The number of aromatic nitrogens is 2. The Balaban J connectivity index is 1.45. The number of likely N-dealkylation sites (tertiary alicyclic amines) is 1. The topological polar surface area (TPSA) is 85.6 Å². The van der Waals surface area contributed by atoms with Gasteiger partial charge in [-0.05, 0) is 32.5 Å². The molecule has 1 amide bonds. The molecule has 6 rings (SSSR count). The van der Waals surface area contributed by atoms with E-state index in [4.69, 9.17) is 4.74 Å². The van der Waals surface area contributed by atoms with E-state index in [0.717, 1.165) is 19.4 Å². The van der Waals surface area contributed by atoms with E-state index in [1.165, 1.54) is 23.1 Å². The summed E-state index contributed by atoms with van der Waals surface area (Å²) in [4.78, 5) is 26.8. The Morgan fingerprint density at radius 1 is 1.09 bits per heavy atom. The molecule has 2 aliphatic rings. The molecule has 0 unspecified atom stereocenters. The van der Waals surface area contributed by atoms with Crippen molar-refractivity contribution in [2.24, 2.45) is 0 Å². The quantitative estimate of drug-likeness (QED) is 0.189. The summed E-state index contributed by atoms with van der Waals surface area (Å²) in [6, 6.07) is 9.19. The first-order valence-corrected chi connectivity index (χ1v) is 15.0. The van der Waals surface area contributed by atoms with Gasteiger partial charge in [-0.3, -0.25) is 4.79 Å².